The Hall–Kier alpha value is -3.08. The van der Waals surface area contributed by atoms with Crippen LogP contribution in [0.3, 0.4) is 0 Å². The number of furan rings is 1. The van der Waals surface area contributed by atoms with Gasteiger partial charge in [-0.2, -0.15) is 0 Å². The summed E-state index contributed by atoms with van der Waals surface area (Å²) < 4.78 is 10.2. The standard InChI is InChI=1S/C22H23NO4/c1-4-5-7-16-9-11-17(12-10-16)23-15(2)20(22(25)26-3)19(21(23)24)14-18-8-6-13-27-18/h6,8-14H,4-5,7H2,1-3H3. The highest BCUT2D eigenvalue weighted by Gasteiger charge is 2.38. The van der Waals surface area contributed by atoms with E-state index in [2.05, 4.69) is 6.92 Å². The number of amides is 1. The molecule has 3 rings (SSSR count). The molecule has 1 amide bonds. The third-order valence-corrected chi connectivity index (χ3v) is 4.63. The predicted octanol–water partition coefficient (Wildman–Crippen LogP) is 4.50. The van der Waals surface area contributed by atoms with Crippen molar-refractivity contribution >= 4 is 23.6 Å². The summed E-state index contributed by atoms with van der Waals surface area (Å²) >= 11 is 0. The fourth-order valence-corrected chi connectivity index (χ4v) is 3.20. The van der Waals surface area contributed by atoms with Crippen LogP contribution in [0, 0.1) is 0 Å². The molecule has 0 unspecified atom stereocenters. The Kier molecular flexibility index (Phi) is 5.60. The molecule has 0 saturated carbocycles. The van der Waals surface area contributed by atoms with Crippen molar-refractivity contribution in [3.63, 3.8) is 0 Å². The number of rotatable bonds is 6. The summed E-state index contributed by atoms with van der Waals surface area (Å²) in [5.41, 5.74) is 3.03. The number of ether oxygens (including phenoxy) is 1. The summed E-state index contributed by atoms with van der Waals surface area (Å²) in [6.45, 7) is 3.91. The zero-order chi connectivity index (χ0) is 19.4. The highest BCUT2D eigenvalue weighted by molar-refractivity contribution is 6.23. The van der Waals surface area contributed by atoms with Crippen LogP contribution in [0.25, 0.3) is 6.08 Å². The summed E-state index contributed by atoms with van der Waals surface area (Å²) in [6.07, 6.45) is 6.37. The Morgan fingerprint density at radius 2 is 1.96 bits per heavy atom. The van der Waals surface area contributed by atoms with E-state index in [1.807, 2.05) is 24.3 Å². The number of unbranched alkanes of at least 4 members (excludes halogenated alkanes) is 1. The van der Waals surface area contributed by atoms with Gasteiger partial charge in [0.15, 0.2) is 0 Å². The minimum absolute atomic E-state index is 0.258. The molecule has 0 N–H and O–H groups in total. The van der Waals surface area contributed by atoms with Crippen molar-refractivity contribution in [1.82, 2.24) is 0 Å². The number of aryl methyl sites for hydroxylation is 1. The molecular weight excluding hydrogens is 342 g/mol. The minimum atomic E-state index is -0.541. The lowest BCUT2D eigenvalue weighted by Crippen LogP contribution is -2.24. The van der Waals surface area contributed by atoms with E-state index >= 15 is 0 Å². The van der Waals surface area contributed by atoms with Crippen molar-refractivity contribution in [1.29, 1.82) is 0 Å². The van der Waals surface area contributed by atoms with Crippen LogP contribution >= 0.6 is 0 Å². The molecule has 0 bridgehead atoms. The van der Waals surface area contributed by atoms with Gasteiger partial charge >= 0.3 is 5.97 Å². The smallest absolute Gasteiger partial charge is 0.340 e. The Labute approximate surface area is 158 Å². The van der Waals surface area contributed by atoms with Crippen molar-refractivity contribution in [3.8, 4) is 0 Å². The molecule has 0 fully saturated rings. The molecule has 5 heteroatoms. The topological polar surface area (TPSA) is 59.8 Å². The third-order valence-electron chi connectivity index (χ3n) is 4.63. The first-order valence-corrected chi connectivity index (χ1v) is 9.05. The molecule has 5 nitrogen and oxygen atoms in total. The van der Waals surface area contributed by atoms with Gasteiger partial charge in [0, 0.05) is 11.4 Å². The van der Waals surface area contributed by atoms with E-state index in [0.717, 1.165) is 24.9 Å². The van der Waals surface area contributed by atoms with Gasteiger partial charge < -0.3 is 9.15 Å². The summed E-state index contributed by atoms with van der Waals surface area (Å²) in [6, 6.07) is 11.3. The van der Waals surface area contributed by atoms with Crippen LogP contribution < -0.4 is 4.90 Å². The molecule has 2 heterocycles. The monoisotopic (exact) mass is 365 g/mol. The lowest BCUT2D eigenvalue weighted by molar-refractivity contribution is -0.136. The zero-order valence-electron chi connectivity index (χ0n) is 15.8. The van der Waals surface area contributed by atoms with Gasteiger partial charge in [-0.3, -0.25) is 9.69 Å². The summed E-state index contributed by atoms with van der Waals surface area (Å²) in [5.74, 6) is -0.310. The maximum absolute atomic E-state index is 13.1. The summed E-state index contributed by atoms with van der Waals surface area (Å²) in [4.78, 5) is 27.0. The number of carbonyl (C=O) groups is 2. The molecule has 27 heavy (non-hydrogen) atoms. The minimum Gasteiger partial charge on any atom is -0.465 e. The number of methoxy groups -OCH3 is 1. The van der Waals surface area contributed by atoms with Gasteiger partial charge in [-0.1, -0.05) is 25.5 Å². The van der Waals surface area contributed by atoms with E-state index in [0.29, 0.717) is 11.5 Å². The number of hydrogen-bond acceptors (Lipinski definition) is 4. The molecule has 1 aromatic carbocycles. The molecule has 140 valence electrons. The highest BCUT2D eigenvalue weighted by Crippen LogP contribution is 2.35. The Balaban J connectivity index is 1.99. The van der Waals surface area contributed by atoms with Gasteiger partial charge in [0.25, 0.3) is 5.91 Å². The number of anilines is 1. The van der Waals surface area contributed by atoms with E-state index in [9.17, 15) is 9.59 Å². The second-order valence-corrected chi connectivity index (χ2v) is 6.44. The molecule has 0 atom stereocenters. The number of carbonyl (C=O) groups excluding carboxylic acids is 2. The Morgan fingerprint density at radius 3 is 2.56 bits per heavy atom. The fourth-order valence-electron chi connectivity index (χ4n) is 3.20. The second kappa shape index (κ2) is 8.08. The number of nitrogens with zero attached hydrogens (tertiary/aromatic N) is 1. The van der Waals surface area contributed by atoms with Crippen LogP contribution in [0.4, 0.5) is 5.69 Å². The van der Waals surface area contributed by atoms with E-state index in [-0.39, 0.29) is 17.1 Å². The van der Waals surface area contributed by atoms with E-state index in [1.54, 1.807) is 30.0 Å². The summed E-state index contributed by atoms with van der Waals surface area (Å²) in [5, 5.41) is 0. The molecule has 1 aliphatic heterocycles. The van der Waals surface area contributed by atoms with Crippen LogP contribution in [0.5, 0.6) is 0 Å². The second-order valence-electron chi connectivity index (χ2n) is 6.44. The van der Waals surface area contributed by atoms with Gasteiger partial charge in [0.2, 0.25) is 0 Å². The molecule has 1 aliphatic rings. The predicted molar refractivity (Wildman–Crippen MR) is 104 cm³/mol. The van der Waals surface area contributed by atoms with Crippen LogP contribution in [0.1, 0.15) is 38.0 Å². The lowest BCUT2D eigenvalue weighted by atomic mass is 10.1. The maximum Gasteiger partial charge on any atom is 0.340 e. The van der Waals surface area contributed by atoms with Gasteiger partial charge in [-0.25, -0.2) is 4.79 Å². The van der Waals surface area contributed by atoms with Crippen molar-refractivity contribution in [2.24, 2.45) is 0 Å². The average molecular weight is 365 g/mol. The normalized spacial score (nSPS) is 15.7. The van der Waals surface area contributed by atoms with Crippen LogP contribution in [0.15, 0.2) is 63.9 Å². The van der Waals surface area contributed by atoms with Crippen molar-refractivity contribution in [2.75, 3.05) is 12.0 Å². The third kappa shape index (κ3) is 3.72. The van der Waals surface area contributed by atoms with Crippen LogP contribution in [-0.2, 0) is 20.7 Å². The SMILES string of the molecule is CCCCc1ccc(N2C(=O)C(=Cc3ccco3)C(C(=O)OC)=C2C)cc1. The Morgan fingerprint density at radius 1 is 1.22 bits per heavy atom. The Bertz CT molecular complexity index is 889. The molecule has 0 saturated heterocycles. The largest absolute Gasteiger partial charge is 0.465 e. The molecule has 0 spiro atoms. The van der Waals surface area contributed by atoms with Gasteiger partial charge in [0.1, 0.15) is 5.76 Å². The highest BCUT2D eigenvalue weighted by atomic mass is 16.5. The first kappa shape index (κ1) is 18.7. The molecule has 0 radical (unpaired) electrons. The average Bonchev–Trinajstić information content (AvgIpc) is 3.27. The zero-order valence-corrected chi connectivity index (χ0v) is 15.8. The lowest BCUT2D eigenvalue weighted by Gasteiger charge is -2.18. The van der Waals surface area contributed by atoms with Crippen molar-refractivity contribution in [3.05, 3.63) is 70.8 Å². The first-order chi connectivity index (χ1) is 13.1. The quantitative estimate of drug-likeness (QED) is 0.559. The van der Waals surface area contributed by atoms with E-state index in [4.69, 9.17) is 9.15 Å². The van der Waals surface area contributed by atoms with E-state index in [1.165, 1.54) is 18.9 Å². The summed E-state index contributed by atoms with van der Waals surface area (Å²) in [7, 11) is 1.31. The van der Waals surface area contributed by atoms with Crippen molar-refractivity contribution < 1.29 is 18.7 Å². The number of hydrogen-bond donors (Lipinski definition) is 0. The first-order valence-electron chi connectivity index (χ1n) is 9.05. The molecule has 1 aromatic heterocycles. The van der Waals surface area contributed by atoms with Crippen LogP contribution in [-0.4, -0.2) is 19.0 Å². The molecular formula is C22H23NO4. The van der Waals surface area contributed by atoms with Crippen molar-refractivity contribution in [2.45, 2.75) is 33.1 Å². The number of esters is 1. The fraction of sp³-hybridized carbons (Fsp3) is 0.273. The number of benzene rings is 1. The number of allylic oxidation sites excluding steroid dienone is 1. The maximum atomic E-state index is 13.1. The van der Waals surface area contributed by atoms with Crippen LogP contribution in [0.2, 0.25) is 0 Å². The van der Waals surface area contributed by atoms with Gasteiger partial charge in [-0.15, -0.1) is 0 Å². The molecule has 2 aromatic rings. The van der Waals surface area contributed by atoms with Gasteiger partial charge in [-0.05, 0) is 55.7 Å². The molecule has 0 aliphatic carbocycles. The van der Waals surface area contributed by atoms with Gasteiger partial charge in [0.05, 0.1) is 24.5 Å². The van der Waals surface area contributed by atoms with E-state index < -0.39 is 5.97 Å².